The summed E-state index contributed by atoms with van der Waals surface area (Å²) in [6.45, 7) is 6.43. The predicted molar refractivity (Wildman–Crippen MR) is 63.5 cm³/mol. The van der Waals surface area contributed by atoms with E-state index in [4.69, 9.17) is 4.74 Å². The van der Waals surface area contributed by atoms with E-state index in [9.17, 15) is 4.79 Å². The Labute approximate surface area is 97.0 Å². The van der Waals surface area contributed by atoms with E-state index in [1.54, 1.807) is 11.9 Å². The van der Waals surface area contributed by atoms with Crippen LogP contribution in [0.4, 0.5) is 0 Å². The van der Waals surface area contributed by atoms with Gasteiger partial charge in [0.15, 0.2) is 0 Å². The van der Waals surface area contributed by atoms with Gasteiger partial charge >= 0.3 is 0 Å². The van der Waals surface area contributed by atoms with Crippen LogP contribution >= 0.6 is 0 Å². The molecule has 0 atom stereocenters. The molecule has 0 spiro atoms. The second-order valence-corrected chi connectivity index (χ2v) is 4.06. The number of hydrogen-bond donors (Lipinski definition) is 1. The minimum Gasteiger partial charge on any atom is -0.477 e. The molecule has 0 aliphatic carbocycles. The molecular formula is C12H20N2O2. The van der Waals surface area contributed by atoms with Crippen LogP contribution in [-0.4, -0.2) is 30.5 Å². The average molecular weight is 224 g/mol. The van der Waals surface area contributed by atoms with Crippen molar-refractivity contribution in [2.45, 2.75) is 33.2 Å². The van der Waals surface area contributed by atoms with Gasteiger partial charge in [-0.1, -0.05) is 6.08 Å². The fourth-order valence-electron chi connectivity index (χ4n) is 1.49. The highest BCUT2D eigenvalue weighted by atomic mass is 16.5. The Morgan fingerprint density at radius 3 is 2.75 bits per heavy atom. The summed E-state index contributed by atoms with van der Waals surface area (Å²) in [5, 5.41) is 3.22. The fraction of sp³-hybridized carbons (Fsp3) is 0.583. The normalized spacial score (nSPS) is 18.1. The summed E-state index contributed by atoms with van der Waals surface area (Å²) in [5.41, 5.74) is 0.790. The molecule has 1 N–H and O–H groups in total. The lowest BCUT2D eigenvalue weighted by Gasteiger charge is -2.20. The summed E-state index contributed by atoms with van der Waals surface area (Å²) < 4.78 is 5.57. The highest BCUT2D eigenvalue weighted by Crippen LogP contribution is 2.16. The number of ether oxygens (including phenoxy) is 1. The zero-order chi connectivity index (χ0) is 12.1. The molecule has 1 aliphatic heterocycles. The van der Waals surface area contributed by atoms with Crippen LogP contribution in [-0.2, 0) is 9.53 Å². The number of carbonyl (C=O) groups is 1. The van der Waals surface area contributed by atoms with Crippen molar-refractivity contribution in [2.24, 2.45) is 0 Å². The van der Waals surface area contributed by atoms with Crippen molar-refractivity contribution < 1.29 is 9.53 Å². The monoisotopic (exact) mass is 224 g/mol. The lowest BCUT2D eigenvalue weighted by atomic mass is 10.3. The van der Waals surface area contributed by atoms with Gasteiger partial charge in [0, 0.05) is 13.1 Å². The van der Waals surface area contributed by atoms with Crippen molar-refractivity contribution in [3.8, 4) is 0 Å². The van der Waals surface area contributed by atoms with Crippen LogP contribution in [0.3, 0.4) is 0 Å². The van der Waals surface area contributed by atoms with E-state index < -0.39 is 0 Å². The van der Waals surface area contributed by atoms with Crippen molar-refractivity contribution >= 4 is 5.91 Å². The van der Waals surface area contributed by atoms with E-state index >= 15 is 0 Å². The second-order valence-electron chi connectivity index (χ2n) is 4.06. The van der Waals surface area contributed by atoms with E-state index in [1.165, 1.54) is 0 Å². The first-order valence-corrected chi connectivity index (χ1v) is 5.59. The molecule has 0 bridgehead atoms. The molecule has 0 unspecified atom stereocenters. The topological polar surface area (TPSA) is 41.6 Å². The molecule has 0 aromatic carbocycles. The summed E-state index contributed by atoms with van der Waals surface area (Å²) in [7, 11) is 1.77. The van der Waals surface area contributed by atoms with Crippen molar-refractivity contribution in [2.75, 3.05) is 13.7 Å². The number of amides is 1. The van der Waals surface area contributed by atoms with E-state index in [-0.39, 0.29) is 11.9 Å². The quantitative estimate of drug-likeness (QED) is 0.792. The van der Waals surface area contributed by atoms with Gasteiger partial charge in [-0.25, -0.2) is 0 Å². The number of likely N-dealkylation sites (N-methyl/N-ethyl adjacent to an activating group) is 1. The van der Waals surface area contributed by atoms with Gasteiger partial charge in [0.05, 0.1) is 13.0 Å². The molecule has 16 heavy (non-hydrogen) atoms. The average Bonchev–Trinajstić information content (AvgIpc) is 2.33. The highest BCUT2D eigenvalue weighted by molar-refractivity contribution is 5.78. The van der Waals surface area contributed by atoms with Gasteiger partial charge < -0.3 is 15.0 Å². The zero-order valence-electron chi connectivity index (χ0n) is 10.4. The first-order valence-electron chi connectivity index (χ1n) is 5.59. The third-order valence-electron chi connectivity index (χ3n) is 2.27. The Balaban J connectivity index is 3.03. The first-order chi connectivity index (χ1) is 7.56. The fourth-order valence-corrected chi connectivity index (χ4v) is 1.49. The molecule has 1 amide bonds. The Hall–Kier alpha value is -1.45. The molecule has 4 heteroatoms. The molecule has 1 heterocycles. The van der Waals surface area contributed by atoms with Gasteiger partial charge in [0.25, 0.3) is 0 Å². The maximum Gasteiger partial charge on any atom is 0.230 e. The van der Waals surface area contributed by atoms with Crippen molar-refractivity contribution in [3.05, 3.63) is 23.7 Å². The lowest BCUT2D eigenvalue weighted by Crippen LogP contribution is -2.29. The summed E-state index contributed by atoms with van der Waals surface area (Å²) in [6, 6.07) is 0.275. The molecule has 90 valence electrons. The summed E-state index contributed by atoms with van der Waals surface area (Å²) in [5.74, 6) is 0.759. The first kappa shape index (κ1) is 12.6. The molecule has 0 saturated carbocycles. The Morgan fingerprint density at radius 2 is 2.19 bits per heavy atom. The maximum atomic E-state index is 11.7. The SMILES string of the molecule is C/C=C/C1=C(NC(C)C)OCCC(=O)N1C. The van der Waals surface area contributed by atoms with Gasteiger partial charge in [0.2, 0.25) is 11.8 Å². The number of carbonyl (C=O) groups excluding carboxylic acids is 1. The molecular weight excluding hydrogens is 204 g/mol. The van der Waals surface area contributed by atoms with Crippen LogP contribution in [0.25, 0.3) is 0 Å². The number of nitrogens with one attached hydrogen (secondary N) is 1. The van der Waals surface area contributed by atoms with E-state index in [1.807, 2.05) is 32.9 Å². The third-order valence-corrected chi connectivity index (χ3v) is 2.27. The van der Waals surface area contributed by atoms with Crippen LogP contribution in [0, 0.1) is 0 Å². The van der Waals surface area contributed by atoms with Gasteiger partial charge in [0.1, 0.15) is 5.70 Å². The highest BCUT2D eigenvalue weighted by Gasteiger charge is 2.21. The largest absolute Gasteiger partial charge is 0.477 e. The van der Waals surface area contributed by atoms with Crippen LogP contribution in [0.2, 0.25) is 0 Å². The van der Waals surface area contributed by atoms with E-state index in [2.05, 4.69) is 5.32 Å². The number of allylic oxidation sites excluding steroid dienone is 2. The molecule has 1 rings (SSSR count). The summed E-state index contributed by atoms with van der Waals surface area (Å²) in [6.07, 6.45) is 4.20. The number of rotatable bonds is 3. The van der Waals surface area contributed by atoms with Crippen molar-refractivity contribution in [3.63, 3.8) is 0 Å². The molecule has 0 fully saturated rings. The third kappa shape index (κ3) is 3.02. The second kappa shape index (κ2) is 5.58. The van der Waals surface area contributed by atoms with Crippen LogP contribution < -0.4 is 5.32 Å². The van der Waals surface area contributed by atoms with Gasteiger partial charge in [-0.3, -0.25) is 4.79 Å². The zero-order valence-corrected chi connectivity index (χ0v) is 10.4. The maximum absolute atomic E-state index is 11.7. The molecule has 1 aliphatic rings. The lowest BCUT2D eigenvalue weighted by molar-refractivity contribution is -0.128. The molecule has 0 aromatic heterocycles. The van der Waals surface area contributed by atoms with Gasteiger partial charge in [-0.2, -0.15) is 0 Å². The smallest absolute Gasteiger partial charge is 0.230 e. The summed E-state index contributed by atoms with van der Waals surface area (Å²) >= 11 is 0. The number of hydrogen-bond acceptors (Lipinski definition) is 3. The Bertz CT molecular complexity index is 319. The van der Waals surface area contributed by atoms with Gasteiger partial charge in [-0.15, -0.1) is 0 Å². The minimum atomic E-state index is 0.0775. The Kier molecular flexibility index (Phi) is 4.40. The van der Waals surface area contributed by atoms with Crippen molar-refractivity contribution in [1.29, 1.82) is 0 Å². The van der Waals surface area contributed by atoms with Crippen LogP contribution in [0.1, 0.15) is 27.2 Å². The molecule has 0 radical (unpaired) electrons. The van der Waals surface area contributed by atoms with E-state index in [0.29, 0.717) is 18.9 Å². The standard InChI is InChI=1S/C12H20N2O2/c1-5-6-10-12(13-9(2)3)16-8-7-11(15)14(10)4/h5-6,9,13H,7-8H2,1-4H3/b6-5+. The molecule has 4 nitrogen and oxygen atoms in total. The summed E-state index contributed by atoms with van der Waals surface area (Å²) in [4.78, 5) is 13.3. The van der Waals surface area contributed by atoms with Crippen molar-refractivity contribution in [1.82, 2.24) is 10.2 Å². The molecule has 0 saturated heterocycles. The molecule has 0 aromatic rings. The van der Waals surface area contributed by atoms with Gasteiger partial charge in [-0.05, 0) is 26.8 Å². The van der Waals surface area contributed by atoms with Crippen LogP contribution in [0.15, 0.2) is 23.7 Å². The minimum absolute atomic E-state index is 0.0775. The Morgan fingerprint density at radius 1 is 1.50 bits per heavy atom. The predicted octanol–water partition coefficient (Wildman–Crippen LogP) is 1.61. The number of nitrogens with zero attached hydrogens (tertiary/aromatic N) is 1. The van der Waals surface area contributed by atoms with Crippen LogP contribution in [0.5, 0.6) is 0 Å². The van der Waals surface area contributed by atoms with E-state index in [0.717, 1.165) is 5.70 Å².